The number of nitrogens with two attached hydrogens (primary N) is 1. The first-order valence-electron chi connectivity index (χ1n) is 8.66. The van der Waals surface area contributed by atoms with Crippen molar-refractivity contribution in [3.63, 3.8) is 0 Å². The van der Waals surface area contributed by atoms with Crippen LogP contribution in [0.25, 0.3) is 0 Å². The molecule has 2 aromatic rings. The molecule has 9 nitrogen and oxygen atoms in total. The monoisotopic (exact) mass is 441 g/mol. The molecule has 0 atom stereocenters. The van der Waals surface area contributed by atoms with E-state index in [1.54, 1.807) is 0 Å². The van der Waals surface area contributed by atoms with Crippen LogP contribution >= 0.6 is 0 Å². The SMILES string of the molecule is CCCNS(=O)(=O)c1cc(C(=O)NCc2ccc(S(N)(=O)=O)cc2)ccc1OC. The molecule has 0 aromatic heterocycles. The minimum absolute atomic E-state index is 0.0304. The molecular weight excluding hydrogens is 418 g/mol. The zero-order valence-corrected chi connectivity index (χ0v) is 17.6. The second-order valence-corrected chi connectivity index (χ2v) is 9.43. The quantitative estimate of drug-likeness (QED) is 0.529. The van der Waals surface area contributed by atoms with Crippen molar-refractivity contribution in [2.45, 2.75) is 29.7 Å². The Morgan fingerprint density at radius 2 is 1.72 bits per heavy atom. The maximum absolute atomic E-state index is 12.5. The molecule has 0 saturated carbocycles. The summed E-state index contributed by atoms with van der Waals surface area (Å²) in [6.45, 7) is 2.21. The number of benzene rings is 2. The average molecular weight is 442 g/mol. The van der Waals surface area contributed by atoms with Crippen LogP contribution in [0.5, 0.6) is 5.75 Å². The molecule has 2 aromatic carbocycles. The lowest BCUT2D eigenvalue weighted by molar-refractivity contribution is 0.0950. The van der Waals surface area contributed by atoms with E-state index in [1.165, 1.54) is 49.6 Å². The van der Waals surface area contributed by atoms with Crippen molar-refractivity contribution < 1.29 is 26.4 Å². The Morgan fingerprint density at radius 3 is 2.28 bits per heavy atom. The van der Waals surface area contributed by atoms with Crippen LogP contribution in [0, 0.1) is 0 Å². The number of hydrogen-bond donors (Lipinski definition) is 3. The molecule has 29 heavy (non-hydrogen) atoms. The van der Waals surface area contributed by atoms with Crippen molar-refractivity contribution in [3.8, 4) is 5.75 Å². The summed E-state index contributed by atoms with van der Waals surface area (Å²) in [4.78, 5) is 12.3. The highest BCUT2D eigenvalue weighted by Crippen LogP contribution is 2.25. The third-order valence-corrected chi connectivity index (χ3v) is 6.37. The zero-order chi connectivity index (χ0) is 21.7. The molecule has 158 valence electrons. The van der Waals surface area contributed by atoms with Crippen LogP contribution in [0.15, 0.2) is 52.3 Å². The van der Waals surface area contributed by atoms with Gasteiger partial charge in [-0.25, -0.2) is 26.7 Å². The largest absolute Gasteiger partial charge is 0.495 e. The van der Waals surface area contributed by atoms with Gasteiger partial charge in [-0.05, 0) is 42.3 Å². The second kappa shape index (κ2) is 9.35. The highest BCUT2D eigenvalue weighted by atomic mass is 32.2. The predicted octanol–water partition coefficient (Wildman–Crippen LogP) is 0.961. The number of hydrogen-bond acceptors (Lipinski definition) is 6. The predicted molar refractivity (Wildman–Crippen MR) is 107 cm³/mol. The molecule has 2 rings (SSSR count). The molecule has 0 fully saturated rings. The third kappa shape index (κ3) is 6.00. The van der Waals surface area contributed by atoms with Gasteiger partial charge in [-0.15, -0.1) is 0 Å². The maximum atomic E-state index is 12.5. The molecule has 0 saturated heterocycles. The van der Waals surface area contributed by atoms with Crippen molar-refractivity contribution in [2.75, 3.05) is 13.7 Å². The second-order valence-electron chi connectivity index (χ2n) is 6.14. The summed E-state index contributed by atoms with van der Waals surface area (Å²) in [6, 6.07) is 9.85. The van der Waals surface area contributed by atoms with Gasteiger partial charge in [-0.1, -0.05) is 19.1 Å². The summed E-state index contributed by atoms with van der Waals surface area (Å²) >= 11 is 0. The van der Waals surface area contributed by atoms with Gasteiger partial charge in [0.15, 0.2) is 0 Å². The Hall–Kier alpha value is -2.47. The Kier molecular flexibility index (Phi) is 7.36. The molecule has 0 heterocycles. The standard InChI is InChI=1S/C18H23N3O6S2/c1-3-10-21-29(25,26)17-11-14(6-9-16(17)27-2)18(22)20-12-13-4-7-15(8-5-13)28(19,23)24/h4-9,11,21H,3,10,12H2,1-2H3,(H,20,22)(H2,19,23,24). The molecule has 4 N–H and O–H groups in total. The van der Waals surface area contributed by atoms with E-state index in [0.717, 1.165) is 0 Å². The minimum Gasteiger partial charge on any atom is -0.495 e. The van der Waals surface area contributed by atoms with E-state index in [-0.39, 0.29) is 34.2 Å². The van der Waals surface area contributed by atoms with Crippen LogP contribution in [-0.4, -0.2) is 36.4 Å². The molecule has 0 bridgehead atoms. The molecule has 11 heteroatoms. The van der Waals surface area contributed by atoms with E-state index in [9.17, 15) is 21.6 Å². The van der Waals surface area contributed by atoms with Crippen LogP contribution < -0.4 is 19.9 Å². The van der Waals surface area contributed by atoms with Gasteiger partial charge in [0.2, 0.25) is 20.0 Å². The molecule has 0 aliphatic rings. The first-order valence-corrected chi connectivity index (χ1v) is 11.7. The van der Waals surface area contributed by atoms with Crippen molar-refractivity contribution in [2.24, 2.45) is 5.14 Å². The first kappa shape index (κ1) is 22.8. The summed E-state index contributed by atoms with van der Waals surface area (Å²) in [6.07, 6.45) is 0.617. The summed E-state index contributed by atoms with van der Waals surface area (Å²) in [5, 5.41) is 7.70. The number of primary sulfonamides is 1. The molecule has 0 aliphatic carbocycles. The highest BCUT2D eigenvalue weighted by molar-refractivity contribution is 7.89. The maximum Gasteiger partial charge on any atom is 0.251 e. The molecule has 1 amide bonds. The van der Waals surface area contributed by atoms with Gasteiger partial charge in [-0.3, -0.25) is 4.79 Å². The molecule has 0 aliphatic heterocycles. The van der Waals surface area contributed by atoms with E-state index in [4.69, 9.17) is 9.88 Å². The smallest absolute Gasteiger partial charge is 0.251 e. The number of sulfonamides is 2. The highest BCUT2D eigenvalue weighted by Gasteiger charge is 2.21. The van der Waals surface area contributed by atoms with E-state index in [1.807, 2.05) is 6.92 Å². The number of ether oxygens (including phenoxy) is 1. The Morgan fingerprint density at radius 1 is 1.07 bits per heavy atom. The van der Waals surface area contributed by atoms with Gasteiger partial charge in [0.1, 0.15) is 10.6 Å². The average Bonchev–Trinajstić information content (AvgIpc) is 2.69. The van der Waals surface area contributed by atoms with Crippen molar-refractivity contribution in [3.05, 3.63) is 53.6 Å². The molecule has 0 radical (unpaired) electrons. The number of nitrogens with one attached hydrogen (secondary N) is 2. The number of amides is 1. The Bertz CT molecular complexity index is 1080. The van der Waals surface area contributed by atoms with Gasteiger partial charge < -0.3 is 10.1 Å². The van der Waals surface area contributed by atoms with Gasteiger partial charge in [0.05, 0.1) is 12.0 Å². The Labute approximate surface area is 170 Å². The molecular formula is C18H23N3O6S2. The summed E-state index contributed by atoms with van der Waals surface area (Å²) in [5.41, 5.74) is 0.792. The lowest BCUT2D eigenvalue weighted by Crippen LogP contribution is -2.26. The first-order chi connectivity index (χ1) is 13.6. The molecule has 0 spiro atoms. The minimum atomic E-state index is -3.83. The van der Waals surface area contributed by atoms with Crippen LogP contribution in [0.2, 0.25) is 0 Å². The fraction of sp³-hybridized carbons (Fsp3) is 0.278. The van der Waals surface area contributed by atoms with Crippen LogP contribution in [0.4, 0.5) is 0 Å². The van der Waals surface area contributed by atoms with Crippen LogP contribution in [0.3, 0.4) is 0 Å². The number of carbonyl (C=O) groups is 1. The topological polar surface area (TPSA) is 145 Å². The summed E-state index contributed by atoms with van der Waals surface area (Å²) in [7, 11) is -6.27. The van der Waals surface area contributed by atoms with E-state index in [0.29, 0.717) is 12.0 Å². The van der Waals surface area contributed by atoms with E-state index >= 15 is 0 Å². The third-order valence-electron chi connectivity index (χ3n) is 3.96. The van der Waals surface area contributed by atoms with Crippen LogP contribution in [0.1, 0.15) is 29.3 Å². The van der Waals surface area contributed by atoms with E-state index in [2.05, 4.69) is 10.0 Å². The lowest BCUT2D eigenvalue weighted by Gasteiger charge is -2.12. The van der Waals surface area contributed by atoms with Crippen molar-refractivity contribution in [1.82, 2.24) is 10.0 Å². The van der Waals surface area contributed by atoms with Gasteiger partial charge in [0, 0.05) is 18.7 Å². The van der Waals surface area contributed by atoms with Gasteiger partial charge in [0.25, 0.3) is 5.91 Å². The normalized spacial score (nSPS) is 11.8. The number of rotatable bonds is 9. The van der Waals surface area contributed by atoms with Crippen molar-refractivity contribution in [1.29, 1.82) is 0 Å². The number of carbonyl (C=O) groups excluding carboxylic acids is 1. The van der Waals surface area contributed by atoms with Gasteiger partial charge >= 0.3 is 0 Å². The van der Waals surface area contributed by atoms with E-state index < -0.39 is 26.0 Å². The lowest BCUT2D eigenvalue weighted by atomic mass is 10.2. The summed E-state index contributed by atoms with van der Waals surface area (Å²) in [5.74, 6) is -0.362. The van der Waals surface area contributed by atoms with Crippen LogP contribution in [-0.2, 0) is 26.6 Å². The van der Waals surface area contributed by atoms with Crippen molar-refractivity contribution >= 4 is 26.0 Å². The van der Waals surface area contributed by atoms with Gasteiger partial charge in [-0.2, -0.15) is 0 Å². The fourth-order valence-electron chi connectivity index (χ4n) is 2.42. The summed E-state index contributed by atoms with van der Waals surface area (Å²) < 4.78 is 55.0. The number of methoxy groups -OCH3 is 1. The fourth-order valence-corrected chi connectivity index (χ4v) is 4.27. The molecule has 0 unspecified atom stereocenters. The zero-order valence-electron chi connectivity index (χ0n) is 16.0. The Balaban J connectivity index is 2.18.